The fourth-order valence-corrected chi connectivity index (χ4v) is 11.1. The molecule has 24 heteroatoms. The maximum absolute atomic E-state index is 14.9. The highest BCUT2D eigenvalue weighted by atomic mass is 16.7. The topological polar surface area (TPSA) is 315 Å². The van der Waals surface area contributed by atoms with E-state index < -0.39 is 93.6 Å². The van der Waals surface area contributed by atoms with E-state index in [-0.39, 0.29) is 119 Å². The molecule has 9 rings (SSSR count). The van der Waals surface area contributed by atoms with E-state index in [2.05, 4.69) is 10.3 Å². The van der Waals surface area contributed by atoms with Crippen LogP contribution in [0.3, 0.4) is 0 Å². The first kappa shape index (κ1) is 57.7. The molecule has 1 spiro atoms. The molecule has 5 N–H and O–H groups in total. The van der Waals surface area contributed by atoms with E-state index in [1.807, 2.05) is 0 Å². The van der Waals surface area contributed by atoms with Crippen LogP contribution < -0.4 is 30.2 Å². The van der Waals surface area contributed by atoms with Crippen molar-refractivity contribution in [2.24, 2.45) is 33.7 Å². The van der Waals surface area contributed by atoms with Crippen molar-refractivity contribution < 1.29 is 77.7 Å². The van der Waals surface area contributed by atoms with E-state index >= 15 is 0 Å². The average Bonchev–Trinajstić information content (AvgIpc) is 2.54. The number of nitro groups is 1. The standard InChI is InChI=1S/C57H67N7O17/c1-28-11-10-12-29(2)54(72)59-46-45-44(60-57(61-45)18-20-62(21-19-57)40(66)27-77-36-15-13-35(14-16-36)25-76-37-23-63-24-39(64(73)74)58-55(63)78-26-37)41-42(50(46)70)49(69)33(6)52-43(41)53(71)56(8,81-52)79-22-17-38(75-9)30(3)51(80-34(7)65)32(5)48(68)31(4)47(28)67/h10-17,22,24,28,30-32,37-38,47-48,51,67-70H,18-21,23,25-27H2,1-9H3,(H,59,72)/b11-10+,22-17+,29-12-/t28-,30+,31+,32+,37?,38-,47-,48+,51+,56-/m0/s1. The lowest BCUT2D eigenvalue weighted by atomic mass is 9.78. The second kappa shape index (κ2) is 22.9. The number of nitrogens with zero attached hydrogens (tertiary/aromatic N) is 6. The number of Topliss-reactive ketones (excluding diaryl/α,β-unsaturated/α-hetero) is 1. The normalized spacial score (nSPS) is 28.7. The molecule has 1 saturated heterocycles. The Balaban J connectivity index is 0.985. The number of aliphatic hydroxyl groups is 2. The number of hydrogen-bond donors (Lipinski definition) is 5. The van der Waals surface area contributed by atoms with Gasteiger partial charge in [-0.05, 0) is 42.5 Å². The Morgan fingerprint density at radius 2 is 1.65 bits per heavy atom. The summed E-state index contributed by atoms with van der Waals surface area (Å²) >= 11 is 0. The van der Waals surface area contributed by atoms with Gasteiger partial charge in [0.1, 0.15) is 53.3 Å². The molecule has 5 aliphatic heterocycles. The van der Waals surface area contributed by atoms with Crippen molar-refractivity contribution in [3.8, 4) is 29.0 Å². The Bertz CT molecular complexity index is 3390. The number of aliphatic hydroxyl groups excluding tert-OH is 2. The molecule has 0 saturated carbocycles. The molecule has 10 atom stereocenters. The number of nitrogens with one attached hydrogen (secondary N) is 1. The average molecular weight is 1120 g/mol. The summed E-state index contributed by atoms with van der Waals surface area (Å²) in [5, 5.41) is 61.2. The van der Waals surface area contributed by atoms with Gasteiger partial charge >= 0.3 is 23.6 Å². The number of likely N-dealkylation sites (tertiary alicyclic amines) is 1. The SMILES string of the molecule is CO[C@H]1/C=C/O[C@@]2(C)Oc3c(C)c(O)c4c(O)c(c5c(c4c3C2=O)=NC2(CCN(C(=O)COc3ccc(COC4COc6nc([N+](=O)[O-])cn6C4)cc3)CC2)N=5)NC(=O)/C(C)=C\C=C\[C@H](C)[C@H](O)[C@@H](C)[C@@H](O)[C@@H](C)[C@H](OC(C)=O)[C@@H]1C. The molecule has 3 aromatic carbocycles. The number of aromatic hydroxyl groups is 2. The molecular formula is C57H67N7O17. The summed E-state index contributed by atoms with van der Waals surface area (Å²) in [6, 6.07) is 7.18. The largest absolute Gasteiger partial charge is 0.507 e. The fraction of sp³-hybridized carbons (Fsp3) is 0.491. The summed E-state index contributed by atoms with van der Waals surface area (Å²) < 4.78 is 43.0. The minimum Gasteiger partial charge on any atom is -0.507 e. The molecule has 2 amide bonds. The Kier molecular flexibility index (Phi) is 16.3. The number of imidazole rings is 1. The lowest BCUT2D eigenvalue weighted by Crippen LogP contribution is -2.46. The molecule has 4 aromatic rings. The minimum absolute atomic E-state index is 0.000901. The number of carbonyl (C=O) groups excluding carboxylic acids is 4. The number of methoxy groups -OCH3 is 1. The van der Waals surface area contributed by atoms with Crippen LogP contribution in [0.25, 0.3) is 10.8 Å². The second-order valence-corrected chi connectivity index (χ2v) is 21.6. The molecule has 432 valence electrons. The number of hydrogen-bond acceptors (Lipinski definition) is 20. The monoisotopic (exact) mass is 1120 g/mol. The molecule has 5 aliphatic rings. The van der Waals surface area contributed by atoms with E-state index in [1.165, 1.54) is 64.0 Å². The lowest BCUT2D eigenvalue weighted by Gasteiger charge is -2.38. The van der Waals surface area contributed by atoms with E-state index in [0.717, 1.165) is 5.56 Å². The number of piperidine rings is 1. The zero-order valence-corrected chi connectivity index (χ0v) is 46.4. The maximum Gasteiger partial charge on any atom is 0.414 e. The van der Waals surface area contributed by atoms with Crippen LogP contribution >= 0.6 is 0 Å². The molecule has 0 radical (unpaired) electrons. The molecule has 0 aliphatic carbocycles. The van der Waals surface area contributed by atoms with E-state index in [0.29, 0.717) is 12.3 Å². The van der Waals surface area contributed by atoms with Gasteiger partial charge in [-0.1, -0.05) is 58.1 Å². The minimum atomic E-state index is -2.06. The van der Waals surface area contributed by atoms with Gasteiger partial charge in [0.25, 0.3) is 17.6 Å². The van der Waals surface area contributed by atoms with Crippen LogP contribution in [0, 0.1) is 40.7 Å². The van der Waals surface area contributed by atoms with Crippen LogP contribution in [-0.4, -0.2) is 139 Å². The van der Waals surface area contributed by atoms with Crippen molar-refractivity contribution in [2.45, 2.75) is 123 Å². The Labute approximate surface area is 465 Å². The Hall–Kier alpha value is -7.93. The Morgan fingerprint density at radius 1 is 0.951 bits per heavy atom. The Morgan fingerprint density at radius 3 is 2.33 bits per heavy atom. The van der Waals surface area contributed by atoms with Crippen LogP contribution in [0.1, 0.15) is 82.8 Å². The summed E-state index contributed by atoms with van der Waals surface area (Å²) in [6.07, 6.45) is 4.80. The molecule has 1 unspecified atom stereocenters. The number of phenols is 2. The predicted molar refractivity (Wildman–Crippen MR) is 288 cm³/mol. The summed E-state index contributed by atoms with van der Waals surface area (Å²) in [6.45, 7) is 13.4. The molecule has 6 heterocycles. The van der Waals surface area contributed by atoms with Gasteiger partial charge in [-0.2, -0.15) is 0 Å². The highest BCUT2D eigenvalue weighted by molar-refractivity contribution is 6.19. The van der Waals surface area contributed by atoms with E-state index in [9.17, 15) is 49.7 Å². The van der Waals surface area contributed by atoms with Gasteiger partial charge in [0.05, 0.1) is 54.0 Å². The highest BCUT2D eigenvalue weighted by Crippen LogP contribution is 2.50. The number of anilines is 1. The molecule has 81 heavy (non-hydrogen) atoms. The number of rotatable bonds is 9. The molecular weight excluding hydrogens is 1050 g/mol. The van der Waals surface area contributed by atoms with Gasteiger partial charge in [0, 0.05) is 92.1 Å². The van der Waals surface area contributed by atoms with Crippen molar-refractivity contribution in [1.29, 1.82) is 0 Å². The van der Waals surface area contributed by atoms with Gasteiger partial charge in [-0.3, -0.25) is 33.7 Å². The maximum atomic E-state index is 14.9. The van der Waals surface area contributed by atoms with Crippen LogP contribution in [0.4, 0.5) is 11.5 Å². The summed E-state index contributed by atoms with van der Waals surface area (Å²) in [4.78, 5) is 81.5. The third-order valence-corrected chi connectivity index (χ3v) is 16.0. The lowest BCUT2D eigenvalue weighted by molar-refractivity contribution is -0.389. The van der Waals surface area contributed by atoms with Crippen molar-refractivity contribution in [2.75, 3.05) is 38.7 Å². The number of allylic oxidation sites excluding steroid dienone is 2. The number of aromatic nitrogens is 2. The first-order valence-electron chi connectivity index (χ1n) is 26.7. The molecule has 24 nitrogen and oxygen atoms in total. The number of fused-ring (bicyclic) bond motifs is 2. The number of phenolic OH excluding ortho intramolecular Hbond substituents is 2. The van der Waals surface area contributed by atoms with Gasteiger partial charge in [0.15, 0.2) is 18.0 Å². The number of ether oxygens (including phenoxy) is 7. The zero-order valence-electron chi connectivity index (χ0n) is 46.4. The van der Waals surface area contributed by atoms with Crippen molar-refractivity contribution >= 4 is 45.8 Å². The number of esters is 1. The van der Waals surface area contributed by atoms with Crippen molar-refractivity contribution in [3.63, 3.8) is 0 Å². The fourth-order valence-electron chi connectivity index (χ4n) is 11.1. The van der Waals surface area contributed by atoms with Crippen LogP contribution in [-0.2, 0) is 46.5 Å². The third-order valence-electron chi connectivity index (χ3n) is 16.0. The van der Waals surface area contributed by atoms with Gasteiger partial charge < -0.3 is 73.9 Å². The summed E-state index contributed by atoms with van der Waals surface area (Å²) in [5.74, 6) is -7.89. The third kappa shape index (κ3) is 11.3. The van der Waals surface area contributed by atoms with Crippen molar-refractivity contribution in [1.82, 2.24) is 14.5 Å². The van der Waals surface area contributed by atoms with E-state index in [1.54, 1.807) is 69.0 Å². The number of ketones is 1. The van der Waals surface area contributed by atoms with Gasteiger partial charge in [-0.15, -0.1) is 0 Å². The number of amides is 2. The van der Waals surface area contributed by atoms with Crippen LogP contribution in [0.15, 0.2) is 76.6 Å². The number of benzene rings is 3. The first-order valence-corrected chi connectivity index (χ1v) is 26.7. The summed E-state index contributed by atoms with van der Waals surface area (Å²) in [7, 11) is 1.44. The summed E-state index contributed by atoms with van der Waals surface area (Å²) in [5.41, 5.74) is -0.446. The number of carbonyl (C=O) groups is 4. The zero-order chi connectivity index (χ0) is 58.4. The van der Waals surface area contributed by atoms with Crippen LogP contribution in [0.5, 0.6) is 29.0 Å². The van der Waals surface area contributed by atoms with Gasteiger partial charge in [0.2, 0.25) is 0 Å². The van der Waals surface area contributed by atoms with Crippen molar-refractivity contribution in [3.05, 3.63) is 104 Å². The van der Waals surface area contributed by atoms with Crippen LogP contribution in [0.2, 0.25) is 0 Å². The molecule has 1 aromatic heterocycles. The van der Waals surface area contributed by atoms with Gasteiger partial charge in [-0.25, -0.2) is 0 Å². The quantitative estimate of drug-likeness (QED) is 0.0651. The molecule has 1 fully saturated rings. The predicted octanol–water partition coefficient (Wildman–Crippen LogP) is 4.78. The first-order chi connectivity index (χ1) is 38.4. The van der Waals surface area contributed by atoms with E-state index in [4.69, 9.17) is 43.1 Å². The highest BCUT2D eigenvalue weighted by Gasteiger charge is 2.50. The molecule has 4 bridgehead atoms. The smallest absolute Gasteiger partial charge is 0.414 e. The second-order valence-electron chi connectivity index (χ2n) is 21.6.